The zero-order chi connectivity index (χ0) is 9.68. The lowest BCUT2D eigenvalue weighted by atomic mass is 10.3. The van der Waals surface area contributed by atoms with E-state index in [4.69, 9.17) is 16.3 Å². The number of carbonyl (C=O) groups excluding carboxylic acids is 1. The van der Waals surface area contributed by atoms with Gasteiger partial charge in [-0.25, -0.2) is 4.79 Å². The molecule has 0 spiro atoms. The van der Waals surface area contributed by atoms with Crippen molar-refractivity contribution in [1.29, 1.82) is 0 Å². The first-order valence-corrected chi connectivity index (χ1v) is 4.16. The van der Waals surface area contributed by atoms with E-state index in [1.807, 2.05) is 6.92 Å². The number of hydrogen-bond acceptors (Lipinski definition) is 3. The number of benzene rings is 1. The maximum Gasteiger partial charge on any atom is 0.240 e. The van der Waals surface area contributed by atoms with Crippen LogP contribution in [0.15, 0.2) is 23.2 Å². The number of ether oxygens (including phenoxy) is 1. The molecule has 0 aliphatic carbocycles. The van der Waals surface area contributed by atoms with Gasteiger partial charge in [-0.1, -0.05) is 11.6 Å². The summed E-state index contributed by atoms with van der Waals surface area (Å²) in [6, 6.07) is 4.92. The molecule has 0 saturated heterocycles. The van der Waals surface area contributed by atoms with E-state index in [1.165, 1.54) is 6.08 Å². The standard InChI is InChI=1S/C9H8ClNO2/c1-2-13-7-3-4-9(11-6-12)8(10)5-7/h3-5H,2H2,1H3. The average molecular weight is 198 g/mol. The maximum atomic E-state index is 9.96. The molecule has 4 heteroatoms. The monoisotopic (exact) mass is 197 g/mol. The summed E-state index contributed by atoms with van der Waals surface area (Å²) in [6.07, 6.45) is 1.43. The van der Waals surface area contributed by atoms with E-state index >= 15 is 0 Å². The first kappa shape index (κ1) is 9.78. The molecule has 0 fully saturated rings. The van der Waals surface area contributed by atoms with Gasteiger partial charge in [0.15, 0.2) is 0 Å². The SMILES string of the molecule is CCOc1ccc(N=C=O)c(Cl)c1. The van der Waals surface area contributed by atoms with Crippen LogP contribution in [0.1, 0.15) is 6.92 Å². The first-order valence-electron chi connectivity index (χ1n) is 3.78. The van der Waals surface area contributed by atoms with Crippen molar-refractivity contribution in [2.75, 3.05) is 6.61 Å². The second-order valence-electron chi connectivity index (χ2n) is 2.25. The van der Waals surface area contributed by atoms with E-state index in [0.717, 1.165) is 0 Å². The maximum absolute atomic E-state index is 9.96. The molecule has 0 aliphatic rings. The molecule has 0 amide bonds. The third-order valence-electron chi connectivity index (χ3n) is 1.40. The summed E-state index contributed by atoms with van der Waals surface area (Å²) >= 11 is 5.79. The van der Waals surface area contributed by atoms with Crippen molar-refractivity contribution in [3.05, 3.63) is 23.2 Å². The Morgan fingerprint density at radius 1 is 1.62 bits per heavy atom. The lowest BCUT2D eigenvalue weighted by Gasteiger charge is -2.03. The molecule has 0 N–H and O–H groups in total. The lowest BCUT2D eigenvalue weighted by Crippen LogP contribution is -1.90. The minimum absolute atomic E-state index is 0.384. The predicted molar refractivity (Wildman–Crippen MR) is 50.4 cm³/mol. The Kier molecular flexibility index (Phi) is 3.50. The third kappa shape index (κ3) is 2.58. The number of rotatable bonds is 3. The molecule has 0 unspecified atom stereocenters. The molecule has 0 bridgehead atoms. The number of nitrogens with zero attached hydrogens (tertiary/aromatic N) is 1. The highest BCUT2D eigenvalue weighted by Gasteiger charge is 2.00. The topological polar surface area (TPSA) is 38.7 Å². The minimum atomic E-state index is 0.384. The Morgan fingerprint density at radius 2 is 2.38 bits per heavy atom. The Hall–Kier alpha value is -1.31. The first-order chi connectivity index (χ1) is 6.27. The molecular weight excluding hydrogens is 190 g/mol. The third-order valence-corrected chi connectivity index (χ3v) is 1.70. The molecule has 0 heterocycles. The molecule has 1 aromatic rings. The quantitative estimate of drug-likeness (QED) is 0.552. The highest BCUT2D eigenvalue weighted by Crippen LogP contribution is 2.28. The smallest absolute Gasteiger partial charge is 0.240 e. The van der Waals surface area contributed by atoms with E-state index in [2.05, 4.69) is 4.99 Å². The van der Waals surface area contributed by atoms with Gasteiger partial charge in [0.05, 0.1) is 17.3 Å². The van der Waals surface area contributed by atoms with Crippen LogP contribution < -0.4 is 4.74 Å². The van der Waals surface area contributed by atoms with E-state index < -0.39 is 0 Å². The molecule has 1 aromatic carbocycles. The number of halogens is 1. The Bertz CT molecular complexity index is 345. The van der Waals surface area contributed by atoms with Crippen LogP contribution in [-0.2, 0) is 4.79 Å². The van der Waals surface area contributed by atoms with Gasteiger partial charge in [-0.05, 0) is 19.1 Å². The van der Waals surface area contributed by atoms with Crippen LogP contribution in [0, 0.1) is 0 Å². The van der Waals surface area contributed by atoms with Gasteiger partial charge < -0.3 is 4.74 Å². The normalized spacial score (nSPS) is 9.08. The van der Waals surface area contributed by atoms with E-state index in [9.17, 15) is 4.79 Å². The van der Waals surface area contributed by atoms with Gasteiger partial charge in [-0.15, -0.1) is 0 Å². The average Bonchev–Trinajstić information content (AvgIpc) is 2.10. The molecular formula is C9H8ClNO2. The predicted octanol–water partition coefficient (Wildman–Crippen LogP) is 2.71. The van der Waals surface area contributed by atoms with Gasteiger partial charge in [0.25, 0.3) is 0 Å². The van der Waals surface area contributed by atoms with Gasteiger partial charge in [-0.2, -0.15) is 4.99 Å². The van der Waals surface area contributed by atoms with Crippen LogP contribution in [-0.4, -0.2) is 12.7 Å². The van der Waals surface area contributed by atoms with E-state index in [1.54, 1.807) is 18.2 Å². The van der Waals surface area contributed by atoms with E-state index in [0.29, 0.717) is 23.1 Å². The second-order valence-corrected chi connectivity index (χ2v) is 2.66. The number of aliphatic imine (C=N–C) groups is 1. The highest BCUT2D eigenvalue weighted by molar-refractivity contribution is 6.33. The molecule has 0 atom stereocenters. The molecule has 13 heavy (non-hydrogen) atoms. The summed E-state index contributed by atoms with van der Waals surface area (Å²) < 4.78 is 5.20. The molecule has 3 nitrogen and oxygen atoms in total. The van der Waals surface area contributed by atoms with Crippen molar-refractivity contribution < 1.29 is 9.53 Å². The van der Waals surface area contributed by atoms with Crippen molar-refractivity contribution in [3.63, 3.8) is 0 Å². The van der Waals surface area contributed by atoms with Crippen LogP contribution in [0.3, 0.4) is 0 Å². The minimum Gasteiger partial charge on any atom is -0.494 e. The number of isocyanates is 1. The summed E-state index contributed by atoms with van der Waals surface area (Å²) in [5, 5.41) is 0.384. The molecule has 0 aliphatic heterocycles. The van der Waals surface area contributed by atoms with Gasteiger partial charge in [0.1, 0.15) is 5.75 Å². The van der Waals surface area contributed by atoms with Gasteiger partial charge in [-0.3, -0.25) is 0 Å². The largest absolute Gasteiger partial charge is 0.494 e. The van der Waals surface area contributed by atoms with Crippen LogP contribution in [0.5, 0.6) is 5.75 Å². The van der Waals surface area contributed by atoms with E-state index in [-0.39, 0.29) is 0 Å². The van der Waals surface area contributed by atoms with Crippen molar-refractivity contribution in [2.45, 2.75) is 6.92 Å². The Balaban J connectivity index is 2.98. The summed E-state index contributed by atoms with van der Waals surface area (Å²) in [5.41, 5.74) is 0.403. The fraction of sp³-hybridized carbons (Fsp3) is 0.222. The second kappa shape index (κ2) is 4.65. The van der Waals surface area contributed by atoms with Crippen molar-refractivity contribution >= 4 is 23.4 Å². The fourth-order valence-corrected chi connectivity index (χ4v) is 1.10. The van der Waals surface area contributed by atoms with Crippen LogP contribution in [0.2, 0.25) is 5.02 Å². The van der Waals surface area contributed by atoms with Crippen LogP contribution in [0.25, 0.3) is 0 Å². The van der Waals surface area contributed by atoms with Crippen LogP contribution in [0.4, 0.5) is 5.69 Å². The Morgan fingerprint density at radius 3 is 2.92 bits per heavy atom. The summed E-state index contributed by atoms with van der Waals surface area (Å²) in [7, 11) is 0. The molecule has 0 saturated carbocycles. The zero-order valence-corrected chi connectivity index (χ0v) is 7.84. The zero-order valence-electron chi connectivity index (χ0n) is 7.08. The molecule has 0 aromatic heterocycles. The van der Waals surface area contributed by atoms with Crippen molar-refractivity contribution in [1.82, 2.24) is 0 Å². The summed E-state index contributed by atoms with van der Waals surface area (Å²) in [5.74, 6) is 0.664. The molecule has 68 valence electrons. The number of hydrogen-bond donors (Lipinski definition) is 0. The summed E-state index contributed by atoms with van der Waals surface area (Å²) in [4.78, 5) is 13.4. The highest BCUT2D eigenvalue weighted by atomic mass is 35.5. The van der Waals surface area contributed by atoms with Gasteiger partial charge in [0.2, 0.25) is 6.08 Å². The van der Waals surface area contributed by atoms with Crippen molar-refractivity contribution in [2.24, 2.45) is 4.99 Å². The van der Waals surface area contributed by atoms with Gasteiger partial charge >= 0.3 is 0 Å². The molecule has 1 rings (SSSR count). The fourth-order valence-electron chi connectivity index (χ4n) is 0.884. The van der Waals surface area contributed by atoms with Crippen molar-refractivity contribution in [3.8, 4) is 5.75 Å². The van der Waals surface area contributed by atoms with Crippen LogP contribution >= 0.6 is 11.6 Å². The lowest BCUT2D eigenvalue weighted by molar-refractivity contribution is 0.340. The molecule has 0 radical (unpaired) electrons. The Labute approximate surface area is 81.0 Å². The summed E-state index contributed by atoms with van der Waals surface area (Å²) in [6.45, 7) is 2.46. The van der Waals surface area contributed by atoms with Gasteiger partial charge in [0, 0.05) is 6.07 Å².